The monoisotopic (exact) mass is 345 g/mol. The number of fused-ring (bicyclic) bond motifs is 1. The molecule has 0 saturated heterocycles. The average molecular weight is 346 g/mol. The highest BCUT2D eigenvalue weighted by molar-refractivity contribution is 6.31. The quantitative estimate of drug-likeness (QED) is 0.789. The number of para-hydroxylation sites is 2. The van der Waals surface area contributed by atoms with E-state index in [1.54, 1.807) is 36.4 Å². The van der Waals surface area contributed by atoms with Crippen molar-refractivity contribution in [2.75, 3.05) is 24.3 Å². The summed E-state index contributed by atoms with van der Waals surface area (Å²) in [6, 6.07) is 12.2. The van der Waals surface area contributed by atoms with Crippen LogP contribution in [-0.4, -0.2) is 24.6 Å². The van der Waals surface area contributed by atoms with Crippen LogP contribution in [0.15, 0.2) is 51.7 Å². The summed E-state index contributed by atoms with van der Waals surface area (Å²) in [5.41, 5.74) is 2.43. The molecule has 124 valence electrons. The second kappa shape index (κ2) is 6.41. The van der Waals surface area contributed by atoms with Gasteiger partial charge in [0.25, 0.3) is 0 Å². The molecule has 0 unspecified atom stereocenters. The highest BCUT2D eigenvalue weighted by Crippen LogP contribution is 2.27. The van der Waals surface area contributed by atoms with Gasteiger partial charge < -0.3 is 14.6 Å². The Bertz CT molecular complexity index is 959. The first-order valence-electron chi connectivity index (χ1n) is 7.31. The maximum absolute atomic E-state index is 12.4. The van der Waals surface area contributed by atoms with Crippen LogP contribution < -0.4 is 16.0 Å². The number of oxazole rings is 1. The van der Waals surface area contributed by atoms with Crippen molar-refractivity contribution < 1.29 is 9.21 Å². The van der Waals surface area contributed by atoms with Crippen LogP contribution in [0, 0.1) is 0 Å². The highest BCUT2D eigenvalue weighted by atomic mass is 35.5. The summed E-state index contributed by atoms with van der Waals surface area (Å²) in [6.07, 6.45) is 0. The molecule has 0 saturated carbocycles. The first-order chi connectivity index (χ1) is 11.5. The minimum atomic E-state index is -0.565. The fourth-order valence-electron chi connectivity index (χ4n) is 2.50. The predicted octanol–water partition coefficient (Wildman–Crippen LogP) is 2.95. The molecule has 0 bridgehead atoms. The molecule has 0 atom stereocenters. The van der Waals surface area contributed by atoms with Crippen LogP contribution in [0.1, 0.15) is 0 Å². The molecule has 3 aromatic rings. The van der Waals surface area contributed by atoms with Crippen molar-refractivity contribution in [3.05, 3.63) is 58.0 Å². The van der Waals surface area contributed by atoms with Gasteiger partial charge in [0.2, 0.25) is 5.91 Å². The third-order valence-electron chi connectivity index (χ3n) is 3.59. The molecule has 0 aliphatic carbocycles. The van der Waals surface area contributed by atoms with Crippen molar-refractivity contribution in [3.63, 3.8) is 0 Å². The van der Waals surface area contributed by atoms with Gasteiger partial charge in [-0.25, -0.2) is 4.79 Å². The summed E-state index contributed by atoms with van der Waals surface area (Å²) in [5, 5.41) is 3.31. The number of anilines is 2. The number of carbonyl (C=O) groups is 1. The molecular weight excluding hydrogens is 330 g/mol. The van der Waals surface area contributed by atoms with Crippen LogP contribution in [0.3, 0.4) is 0 Å². The first kappa shape index (κ1) is 16.1. The van der Waals surface area contributed by atoms with E-state index in [1.807, 2.05) is 25.1 Å². The maximum atomic E-state index is 12.4. The average Bonchev–Trinajstić information content (AvgIpc) is 2.83. The second-order valence-electron chi connectivity index (χ2n) is 5.53. The standard InChI is InChI=1S/C17H16ClN3O3/c1-20(2)13-8-7-11(18)9-12(13)19-16(22)10-21-14-5-3-4-6-15(14)24-17(21)23/h3-9H,10H2,1-2H3,(H,19,22). The van der Waals surface area contributed by atoms with E-state index in [4.69, 9.17) is 16.0 Å². The van der Waals surface area contributed by atoms with Gasteiger partial charge in [-0.05, 0) is 30.3 Å². The molecule has 0 aliphatic heterocycles. The van der Waals surface area contributed by atoms with Crippen LogP contribution in [0.2, 0.25) is 5.02 Å². The van der Waals surface area contributed by atoms with Crippen LogP contribution in [0.4, 0.5) is 11.4 Å². The number of benzene rings is 2. The summed E-state index contributed by atoms with van der Waals surface area (Å²) in [6.45, 7) is -0.144. The van der Waals surface area contributed by atoms with Crippen molar-refractivity contribution in [3.8, 4) is 0 Å². The summed E-state index contributed by atoms with van der Waals surface area (Å²) in [5.74, 6) is -0.903. The Balaban J connectivity index is 1.87. The molecule has 6 nitrogen and oxygen atoms in total. The molecule has 24 heavy (non-hydrogen) atoms. The van der Waals surface area contributed by atoms with Gasteiger partial charge in [0.15, 0.2) is 5.58 Å². The van der Waals surface area contributed by atoms with E-state index in [2.05, 4.69) is 5.32 Å². The summed E-state index contributed by atoms with van der Waals surface area (Å²) in [7, 11) is 3.74. The largest absolute Gasteiger partial charge is 0.420 e. The Kier molecular flexibility index (Phi) is 4.31. The van der Waals surface area contributed by atoms with Gasteiger partial charge in [0, 0.05) is 19.1 Å². The maximum Gasteiger partial charge on any atom is 0.420 e. The van der Waals surface area contributed by atoms with Crippen LogP contribution in [0.25, 0.3) is 11.1 Å². The van der Waals surface area contributed by atoms with Crippen molar-refractivity contribution in [1.82, 2.24) is 4.57 Å². The van der Waals surface area contributed by atoms with Gasteiger partial charge in [0.05, 0.1) is 16.9 Å². The summed E-state index contributed by atoms with van der Waals surface area (Å²) in [4.78, 5) is 26.2. The Morgan fingerprint density at radius 1 is 1.25 bits per heavy atom. The summed E-state index contributed by atoms with van der Waals surface area (Å²) < 4.78 is 6.43. The SMILES string of the molecule is CN(C)c1ccc(Cl)cc1NC(=O)Cn1c(=O)oc2ccccc21. The van der Waals surface area contributed by atoms with Crippen LogP contribution >= 0.6 is 11.6 Å². The molecule has 0 spiro atoms. The van der Waals surface area contributed by atoms with Gasteiger partial charge in [-0.2, -0.15) is 0 Å². The molecule has 2 aromatic carbocycles. The number of nitrogens with zero attached hydrogens (tertiary/aromatic N) is 2. The van der Waals surface area contributed by atoms with Gasteiger partial charge in [-0.15, -0.1) is 0 Å². The smallest absolute Gasteiger partial charge is 0.408 e. The van der Waals surface area contributed by atoms with Gasteiger partial charge >= 0.3 is 5.76 Å². The molecule has 1 amide bonds. The number of halogens is 1. The molecule has 0 radical (unpaired) electrons. The van der Waals surface area contributed by atoms with Gasteiger partial charge in [0.1, 0.15) is 6.54 Å². The van der Waals surface area contributed by atoms with Crippen LogP contribution in [0.5, 0.6) is 0 Å². The van der Waals surface area contributed by atoms with Gasteiger partial charge in [-0.1, -0.05) is 23.7 Å². The lowest BCUT2D eigenvalue weighted by Crippen LogP contribution is -2.25. The second-order valence-corrected chi connectivity index (χ2v) is 5.96. The zero-order chi connectivity index (χ0) is 17.3. The molecule has 1 aromatic heterocycles. The fourth-order valence-corrected chi connectivity index (χ4v) is 2.67. The lowest BCUT2D eigenvalue weighted by molar-refractivity contribution is -0.116. The Hall–Kier alpha value is -2.73. The van der Waals surface area contributed by atoms with Crippen molar-refractivity contribution in [2.24, 2.45) is 0 Å². The number of aromatic nitrogens is 1. The highest BCUT2D eigenvalue weighted by Gasteiger charge is 2.14. The third-order valence-corrected chi connectivity index (χ3v) is 3.83. The molecule has 0 aliphatic rings. The molecule has 1 heterocycles. The topological polar surface area (TPSA) is 67.5 Å². The van der Waals surface area contributed by atoms with E-state index in [0.717, 1.165) is 5.69 Å². The fraction of sp³-hybridized carbons (Fsp3) is 0.176. The molecule has 0 fully saturated rings. The zero-order valence-electron chi connectivity index (χ0n) is 13.2. The lowest BCUT2D eigenvalue weighted by atomic mass is 10.2. The lowest BCUT2D eigenvalue weighted by Gasteiger charge is -2.18. The molecule has 1 N–H and O–H groups in total. The Morgan fingerprint density at radius 2 is 2.00 bits per heavy atom. The predicted molar refractivity (Wildman–Crippen MR) is 94.9 cm³/mol. The number of nitrogens with one attached hydrogen (secondary N) is 1. The Morgan fingerprint density at radius 3 is 2.75 bits per heavy atom. The molecule has 3 rings (SSSR count). The molecule has 7 heteroatoms. The van der Waals surface area contributed by atoms with E-state index in [9.17, 15) is 9.59 Å². The van der Waals surface area contributed by atoms with Crippen molar-refractivity contribution in [2.45, 2.75) is 6.54 Å². The number of rotatable bonds is 4. The van der Waals surface area contributed by atoms with E-state index < -0.39 is 5.76 Å². The van der Waals surface area contributed by atoms with E-state index in [0.29, 0.717) is 21.8 Å². The minimum Gasteiger partial charge on any atom is -0.408 e. The van der Waals surface area contributed by atoms with E-state index >= 15 is 0 Å². The first-order valence-corrected chi connectivity index (χ1v) is 7.68. The third kappa shape index (κ3) is 3.14. The number of carbonyl (C=O) groups excluding carboxylic acids is 1. The Labute approximate surface area is 143 Å². The number of hydrogen-bond acceptors (Lipinski definition) is 4. The van der Waals surface area contributed by atoms with Crippen molar-refractivity contribution >= 4 is 40.0 Å². The van der Waals surface area contributed by atoms with E-state index in [-0.39, 0.29) is 12.5 Å². The minimum absolute atomic E-state index is 0.144. The number of hydrogen-bond donors (Lipinski definition) is 1. The van der Waals surface area contributed by atoms with Gasteiger partial charge in [-0.3, -0.25) is 9.36 Å². The normalized spacial score (nSPS) is 10.8. The summed E-state index contributed by atoms with van der Waals surface area (Å²) >= 11 is 6.01. The molecular formula is C17H16ClN3O3. The van der Waals surface area contributed by atoms with E-state index in [1.165, 1.54) is 4.57 Å². The van der Waals surface area contributed by atoms with Crippen LogP contribution in [-0.2, 0) is 11.3 Å². The van der Waals surface area contributed by atoms with Crippen molar-refractivity contribution in [1.29, 1.82) is 0 Å². The zero-order valence-corrected chi connectivity index (χ0v) is 14.0. The number of amides is 1.